The van der Waals surface area contributed by atoms with Crippen molar-refractivity contribution >= 4 is 15.2 Å². The van der Waals surface area contributed by atoms with Gasteiger partial charge in [0.05, 0.1) is 11.2 Å². The standard InChI is InChI=1S/C14H27BO2Si/c1-13(2)14(3,4)17-15(16-13)11-9-8-10-12-18(5,6)7/h8-9,11H2,1-7H3. The van der Waals surface area contributed by atoms with E-state index in [-0.39, 0.29) is 18.3 Å². The maximum Gasteiger partial charge on any atom is 0.457 e. The molecular formula is C14H27BO2Si. The smallest absolute Gasteiger partial charge is 0.403 e. The maximum atomic E-state index is 5.95. The van der Waals surface area contributed by atoms with E-state index in [9.17, 15) is 0 Å². The molecule has 0 atom stereocenters. The largest absolute Gasteiger partial charge is 0.457 e. The molecule has 102 valence electrons. The van der Waals surface area contributed by atoms with E-state index in [1.165, 1.54) is 0 Å². The second kappa shape index (κ2) is 5.40. The fraction of sp³-hybridized carbons (Fsp3) is 0.857. The van der Waals surface area contributed by atoms with Gasteiger partial charge in [0.15, 0.2) is 0 Å². The van der Waals surface area contributed by atoms with E-state index in [2.05, 4.69) is 58.8 Å². The van der Waals surface area contributed by atoms with Gasteiger partial charge in [-0.2, -0.15) is 0 Å². The SMILES string of the molecule is CC1(C)OB(CCCC#C[Si](C)(C)C)OC1(C)C. The number of unbranched alkanes of at least 4 members (excludes halogenated alkanes) is 1. The normalized spacial score (nSPS) is 21.6. The first-order valence-electron chi connectivity index (χ1n) is 6.89. The van der Waals surface area contributed by atoms with Crippen LogP contribution in [0.1, 0.15) is 40.5 Å². The number of hydrogen-bond acceptors (Lipinski definition) is 2. The fourth-order valence-electron chi connectivity index (χ4n) is 1.77. The van der Waals surface area contributed by atoms with Crippen molar-refractivity contribution in [3.63, 3.8) is 0 Å². The molecule has 0 aromatic carbocycles. The van der Waals surface area contributed by atoms with Crippen LogP contribution in [0.5, 0.6) is 0 Å². The molecule has 0 aromatic heterocycles. The Morgan fingerprint density at radius 2 is 1.50 bits per heavy atom. The Balaban J connectivity index is 2.33. The lowest BCUT2D eigenvalue weighted by molar-refractivity contribution is 0.00578. The molecule has 0 bridgehead atoms. The van der Waals surface area contributed by atoms with Crippen molar-refractivity contribution in [1.82, 2.24) is 0 Å². The van der Waals surface area contributed by atoms with Crippen molar-refractivity contribution < 1.29 is 9.31 Å². The molecule has 18 heavy (non-hydrogen) atoms. The Hall–Kier alpha value is -0.238. The van der Waals surface area contributed by atoms with Crippen LogP contribution >= 0.6 is 0 Å². The first kappa shape index (κ1) is 15.8. The molecule has 1 rings (SSSR count). The van der Waals surface area contributed by atoms with Gasteiger partial charge in [-0.05, 0) is 40.4 Å². The molecule has 0 radical (unpaired) electrons. The first-order chi connectivity index (χ1) is 8.04. The highest BCUT2D eigenvalue weighted by Crippen LogP contribution is 2.37. The van der Waals surface area contributed by atoms with E-state index in [0.29, 0.717) is 0 Å². The van der Waals surface area contributed by atoms with Gasteiger partial charge in [-0.15, -0.1) is 11.5 Å². The van der Waals surface area contributed by atoms with E-state index in [1.807, 2.05) is 0 Å². The van der Waals surface area contributed by atoms with Crippen LogP contribution in [0.25, 0.3) is 0 Å². The van der Waals surface area contributed by atoms with Gasteiger partial charge in [0.2, 0.25) is 0 Å². The van der Waals surface area contributed by atoms with Gasteiger partial charge in [0, 0.05) is 6.42 Å². The summed E-state index contributed by atoms with van der Waals surface area (Å²) in [4.78, 5) is 0. The van der Waals surface area contributed by atoms with Crippen LogP contribution < -0.4 is 0 Å². The van der Waals surface area contributed by atoms with Gasteiger partial charge in [-0.25, -0.2) is 0 Å². The van der Waals surface area contributed by atoms with Crippen molar-refractivity contribution in [3.05, 3.63) is 0 Å². The van der Waals surface area contributed by atoms with Crippen molar-refractivity contribution in [2.45, 2.75) is 77.7 Å². The minimum absolute atomic E-state index is 0.0660. The lowest BCUT2D eigenvalue weighted by Crippen LogP contribution is -2.41. The predicted molar refractivity (Wildman–Crippen MR) is 81.2 cm³/mol. The third-order valence-corrected chi connectivity index (χ3v) is 4.43. The Bertz CT molecular complexity index is 331. The van der Waals surface area contributed by atoms with Gasteiger partial charge in [-0.1, -0.05) is 19.6 Å². The second-order valence-corrected chi connectivity index (χ2v) is 11.9. The molecule has 1 heterocycles. The first-order valence-corrected chi connectivity index (χ1v) is 10.4. The molecule has 1 fully saturated rings. The van der Waals surface area contributed by atoms with Crippen molar-refractivity contribution in [3.8, 4) is 11.5 Å². The Morgan fingerprint density at radius 3 is 1.94 bits per heavy atom. The second-order valence-electron chi connectivity index (χ2n) is 7.13. The molecule has 0 N–H and O–H groups in total. The predicted octanol–water partition coefficient (Wildman–Crippen LogP) is 3.74. The average molecular weight is 266 g/mol. The summed E-state index contributed by atoms with van der Waals surface area (Å²) in [5.41, 5.74) is 2.97. The summed E-state index contributed by atoms with van der Waals surface area (Å²) in [6, 6.07) is 0. The molecular weight excluding hydrogens is 239 g/mol. The summed E-state index contributed by atoms with van der Waals surface area (Å²) in [6.45, 7) is 15.2. The van der Waals surface area contributed by atoms with Crippen LogP contribution in [0.15, 0.2) is 0 Å². The van der Waals surface area contributed by atoms with Gasteiger partial charge >= 0.3 is 7.12 Å². The van der Waals surface area contributed by atoms with Crippen LogP contribution in [0.4, 0.5) is 0 Å². The topological polar surface area (TPSA) is 18.5 Å². The fourth-order valence-corrected chi connectivity index (χ4v) is 2.42. The maximum absolute atomic E-state index is 5.95. The lowest BCUT2D eigenvalue weighted by Gasteiger charge is -2.32. The van der Waals surface area contributed by atoms with Crippen LogP contribution in [-0.4, -0.2) is 26.4 Å². The van der Waals surface area contributed by atoms with Gasteiger partial charge in [0.1, 0.15) is 8.07 Å². The van der Waals surface area contributed by atoms with Crippen LogP contribution in [-0.2, 0) is 9.31 Å². The lowest BCUT2D eigenvalue weighted by atomic mass is 9.82. The third-order valence-electron chi connectivity index (χ3n) is 3.51. The van der Waals surface area contributed by atoms with E-state index in [4.69, 9.17) is 9.31 Å². The van der Waals surface area contributed by atoms with Crippen molar-refractivity contribution in [2.75, 3.05) is 0 Å². The minimum atomic E-state index is -1.21. The molecule has 1 aliphatic rings. The molecule has 1 saturated heterocycles. The zero-order valence-electron chi connectivity index (χ0n) is 13.0. The van der Waals surface area contributed by atoms with Crippen molar-refractivity contribution in [2.24, 2.45) is 0 Å². The average Bonchev–Trinajstić information content (AvgIpc) is 2.32. The monoisotopic (exact) mass is 266 g/mol. The van der Waals surface area contributed by atoms with Gasteiger partial charge in [-0.3, -0.25) is 0 Å². The Morgan fingerprint density at radius 1 is 1.00 bits per heavy atom. The Kier molecular flexibility index (Phi) is 4.75. The molecule has 2 nitrogen and oxygen atoms in total. The summed E-state index contributed by atoms with van der Waals surface area (Å²) in [7, 11) is -1.27. The highest BCUT2D eigenvalue weighted by molar-refractivity contribution is 6.83. The minimum Gasteiger partial charge on any atom is -0.403 e. The molecule has 0 aliphatic carbocycles. The van der Waals surface area contributed by atoms with Crippen molar-refractivity contribution in [1.29, 1.82) is 0 Å². The summed E-state index contributed by atoms with van der Waals surface area (Å²) in [5.74, 6) is 3.29. The Labute approximate surface area is 114 Å². The molecule has 0 aromatic rings. The zero-order valence-corrected chi connectivity index (χ0v) is 14.0. The van der Waals surface area contributed by atoms with E-state index < -0.39 is 8.07 Å². The molecule has 1 aliphatic heterocycles. The number of rotatable bonds is 3. The summed E-state index contributed by atoms with van der Waals surface area (Å²) >= 11 is 0. The van der Waals surface area contributed by atoms with E-state index >= 15 is 0 Å². The number of hydrogen-bond donors (Lipinski definition) is 0. The van der Waals surface area contributed by atoms with Gasteiger partial charge < -0.3 is 9.31 Å². The molecule has 4 heteroatoms. The van der Waals surface area contributed by atoms with Gasteiger partial charge in [0.25, 0.3) is 0 Å². The third kappa shape index (κ3) is 4.46. The zero-order chi connectivity index (χ0) is 14.0. The van der Waals surface area contributed by atoms with E-state index in [1.54, 1.807) is 0 Å². The summed E-state index contributed by atoms with van der Waals surface area (Å²) < 4.78 is 11.9. The molecule has 0 unspecified atom stereocenters. The quantitative estimate of drug-likeness (QED) is 0.440. The highest BCUT2D eigenvalue weighted by Gasteiger charge is 2.50. The molecule has 0 spiro atoms. The highest BCUT2D eigenvalue weighted by atomic mass is 28.3. The molecule has 0 saturated carbocycles. The summed E-state index contributed by atoms with van der Waals surface area (Å²) in [5, 5.41) is 0. The van der Waals surface area contributed by atoms with Crippen LogP contribution in [0.2, 0.25) is 26.0 Å². The summed E-state index contributed by atoms with van der Waals surface area (Å²) in [6.07, 6.45) is 2.94. The van der Waals surface area contributed by atoms with Crippen LogP contribution in [0, 0.1) is 11.5 Å². The molecule has 0 amide bonds. The van der Waals surface area contributed by atoms with Crippen LogP contribution in [0.3, 0.4) is 0 Å². The van der Waals surface area contributed by atoms with E-state index in [0.717, 1.165) is 19.2 Å².